The fourth-order valence-corrected chi connectivity index (χ4v) is 2.22. The number of carbonyl (C=O) groups excluding carboxylic acids is 1. The second-order valence-electron chi connectivity index (χ2n) is 5.08. The number of hydrogen-bond acceptors (Lipinski definition) is 5. The monoisotopic (exact) mass is 356 g/mol. The van der Waals surface area contributed by atoms with Crippen molar-refractivity contribution in [3.05, 3.63) is 57.5 Å². The molecule has 0 fully saturated rings. The molecule has 0 unspecified atom stereocenters. The third-order valence-electron chi connectivity index (χ3n) is 3.35. The van der Waals surface area contributed by atoms with Gasteiger partial charge in [0.15, 0.2) is 5.75 Å². The van der Waals surface area contributed by atoms with Gasteiger partial charge < -0.3 is 9.84 Å². The third-order valence-corrected chi connectivity index (χ3v) is 3.35. The van der Waals surface area contributed by atoms with Crippen molar-refractivity contribution in [2.45, 2.75) is 26.1 Å². The Kier molecular flexibility index (Phi) is 5.45. The first-order valence-electron chi connectivity index (χ1n) is 7.37. The number of esters is 1. The minimum absolute atomic E-state index is 0.00850. The molecule has 0 spiro atoms. The molecule has 0 aliphatic rings. The van der Waals surface area contributed by atoms with E-state index < -0.39 is 34.6 Å². The van der Waals surface area contributed by atoms with Gasteiger partial charge in [0.25, 0.3) is 5.43 Å². The zero-order valence-corrected chi connectivity index (χ0v) is 13.2. The van der Waals surface area contributed by atoms with Crippen LogP contribution in [0.3, 0.4) is 0 Å². The van der Waals surface area contributed by atoms with E-state index in [1.54, 1.807) is 0 Å². The van der Waals surface area contributed by atoms with E-state index in [0.29, 0.717) is 0 Å². The van der Waals surface area contributed by atoms with Crippen LogP contribution in [0.15, 0.2) is 35.3 Å². The highest BCUT2D eigenvalue weighted by atomic mass is 19.4. The lowest BCUT2D eigenvalue weighted by Crippen LogP contribution is -2.24. The van der Waals surface area contributed by atoms with Crippen LogP contribution in [0.4, 0.5) is 13.2 Å². The topological polar surface area (TPSA) is 81.4 Å². The molecule has 0 aliphatic heterocycles. The fourth-order valence-electron chi connectivity index (χ4n) is 2.22. The summed E-state index contributed by atoms with van der Waals surface area (Å²) in [7, 11) is 0. The summed E-state index contributed by atoms with van der Waals surface area (Å²) in [4.78, 5) is 23.4. The molecule has 0 aliphatic carbocycles. The smallest absolute Gasteiger partial charge is 0.416 e. The van der Waals surface area contributed by atoms with E-state index in [1.807, 2.05) is 0 Å². The van der Waals surface area contributed by atoms with Crippen LogP contribution in [0, 0.1) is 0 Å². The van der Waals surface area contributed by atoms with Gasteiger partial charge in [-0.05, 0) is 25.0 Å². The number of aromatic nitrogens is 2. The second kappa shape index (κ2) is 7.37. The maximum Gasteiger partial charge on any atom is 0.416 e. The zero-order chi connectivity index (χ0) is 18.6. The molecule has 1 aromatic heterocycles. The largest absolute Gasteiger partial charge is 0.503 e. The van der Waals surface area contributed by atoms with Gasteiger partial charge in [-0.3, -0.25) is 9.48 Å². The normalized spacial score (nSPS) is 11.4. The Morgan fingerprint density at radius 1 is 1.32 bits per heavy atom. The summed E-state index contributed by atoms with van der Waals surface area (Å²) < 4.78 is 44.7. The lowest BCUT2D eigenvalue weighted by atomic mass is 10.0. The van der Waals surface area contributed by atoms with Crippen LogP contribution >= 0.6 is 0 Å². The van der Waals surface area contributed by atoms with Crippen molar-refractivity contribution in [3.8, 4) is 5.75 Å². The predicted octanol–water partition coefficient (Wildman–Crippen LogP) is 2.39. The Morgan fingerprint density at radius 3 is 2.64 bits per heavy atom. The third kappa shape index (κ3) is 4.37. The second-order valence-corrected chi connectivity index (χ2v) is 5.08. The standard InChI is InChI=1S/C16H15F3N2O4/c1-2-25-15(24)13-14(23)12(22)9-21(20-13)8-7-10-5-3-4-6-11(10)16(17,18)19/h3-6,9,22H,2,7-8H2,1H3. The van der Waals surface area contributed by atoms with Crippen LogP contribution in [-0.4, -0.2) is 27.5 Å². The highest BCUT2D eigenvalue weighted by Crippen LogP contribution is 2.32. The number of carbonyl (C=O) groups is 1. The molecule has 0 radical (unpaired) electrons. The Balaban J connectivity index is 2.28. The average Bonchev–Trinajstić information content (AvgIpc) is 2.55. The highest BCUT2D eigenvalue weighted by Gasteiger charge is 2.32. The maximum absolute atomic E-state index is 13.0. The molecule has 25 heavy (non-hydrogen) atoms. The number of halogens is 3. The summed E-state index contributed by atoms with van der Waals surface area (Å²) >= 11 is 0. The maximum atomic E-state index is 13.0. The molecule has 0 atom stereocenters. The van der Waals surface area contributed by atoms with Crippen molar-refractivity contribution < 1.29 is 27.8 Å². The summed E-state index contributed by atoms with van der Waals surface area (Å²) in [6.07, 6.45) is -3.60. The van der Waals surface area contributed by atoms with Crippen molar-refractivity contribution >= 4 is 5.97 Å². The Bertz CT molecular complexity index is 831. The van der Waals surface area contributed by atoms with Crippen molar-refractivity contribution in [2.24, 2.45) is 0 Å². The number of alkyl halides is 3. The number of rotatable bonds is 5. The van der Waals surface area contributed by atoms with Gasteiger partial charge >= 0.3 is 12.1 Å². The average molecular weight is 356 g/mol. The summed E-state index contributed by atoms with van der Waals surface area (Å²) in [5.74, 6) is -1.74. The fraction of sp³-hybridized carbons (Fsp3) is 0.312. The van der Waals surface area contributed by atoms with Crippen molar-refractivity contribution in [3.63, 3.8) is 0 Å². The van der Waals surface area contributed by atoms with Crippen molar-refractivity contribution in [2.75, 3.05) is 6.61 Å². The van der Waals surface area contributed by atoms with E-state index in [9.17, 15) is 27.9 Å². The molecule has 0 bridgehead atoms. The van der Waals surface area contributed by atoms with Gasteiger partial charge in [0.05, 0.1) is 18.4 Å². The first kappa shape index (κ1) is 18.5. The molecule has 0 saturated heterocycles. The quantitative estimate of drug-likeness (QED) is 0.832. The number of aromatic hydroxyl groups is 1. The number of hydrogen-bond donors (Lipinski definition) is 1. The number of benzene rings is 1. The summed E-state index contributed by atoms with van der Waals surface area (Å²) in [6, 6.07) is 5.06. The lowest BCUT2D eigenvalue weighted by molar-refractivity contribution is -0.138. The molecule has 1 aromatic carbocycles. The SMILES string of the molecule is CCOC(=O)c1nn(CCc2ccccc2C(F)(F)F)cc(O)c1=O. The highest BCUT2D eigenvalue weighted by molar-refractivity contribution is 5.87. The van der Waals surface area contributed by atoms with Gasteiger partial charge in [0.2, 0.25) is 5.69 Å². The predicted molar refractivity (Wildman–Crippen MR) is 81.3 cm³/mol. The number of nitrogens with zero attached hydrogens (tertiary/aromatic N) is 2. The number of ether oxygens (including phenoxy) is 1. The van der Waals surface area contributed by atoms with Gasteiger partial charge in [0, 0.05) is 6.54 Å². The van der Waals surface area contributed by atoms with Gasteiger partial charge in [0.1, 0.15) is 0 Å². The zero-order valence-electron chi connectivity index (χ0n) is 13.2. The molecule has 9 heteroatoms. The molecular formula is C16H15F3N2O4. The van der Waals surface area contributed by atoms with Crippen LogP contribution in [0.1, 0.15) is 28.5 Å². The molecule has 0 saturated carbocycles. The van der Waals surface area contributed by atoms with E-state index in [2.05, 4.69) is 9.84 Å². The van der Waals surface area contributed by atoms with Gasteiger partial charge in [-0.2, -0.15) is 18.3 Å². The van der Waals surface area contributed by atoms with E-state index >= 15 is 0 Å². The van der Waals surface area contributed by atoms with E-state index in [-0.39, 0.29) is 25.1 Å². The van der Waals surface area contributed by atoms with E-state index in [4.69, 9.17) is 0 Å². The van der Waals surface area contributed by atoms with Gasteiger partial charge in [-0.15, -0.1) is 0 Å². The molecule has 2 rings (SSSR count). The molecule has 1 N–H and O–H groups in total. The van der Waals surface area contributed by atoms with Crippen LogP contribution in [-0.2, 0) is 23.9 Å². The summed E-state index contributed by atoms with van der Waals surface area (Å²) in [5, 5.41) is 13.4. The van der Waals surface area contributed by atoms with Crippen LogP contribution in [0.5, 0.6) is 5.75 Å². The Hall–Kier alpha value is -2.84. The molecule has 1 heterocycles. The minimum Gasteiger partial charge on any atom is -0.503 e. The lowest BCUT2D eigenvalue weighted by Gasteiger charge is -2.13. The van der Waals surface area contributed by atoms with Crippen LogP contribution in [0.2, 0.25) is 0 Å². The Morgan fingerprint density at radius 2 is 2.00 bits per heavy atom. The first-order chi connectivity index (χ1) is 11.7. The molecular weight excluding hydrogens is 341 g/mol. The summed E-state index contributed by atoms with van der Waals surface area (Å²) in [6.45, 7) is 1.47. The molecule has 2 aromatic rings. The van der Waals surface area contributed by atoms with E-state index in [1.165, 1.54) is 25.1 Å². The van der Waals surface area contributed by atoms with Crippen molar-refractivity contribution in [1.82, 2.24) is 9.78 Å². The molecule has 6 nitrogen and oxygen atoms in total. The van der Waals surface area contributed by atoms with E-state index in [0.717, 1.165) is 16.9 Å². The van der Waals surface area contributed by atoms with Crippen LogP contribution in [0.25, 0.3) is 0 Å². The molecule has 0 amide bonds. The Labute approximate surface area is 140 Å². The van der Waals surface area contributed by atoms with Gasteiger partial charge in [-0.1, -0.05) is 18.2 Å². The number of aryl methyl sites for hydroxylation is 2. The molecule has 134 valence electrons. The first-order valence-corrected chi connectivity index (χ1v) is 7.37. The van der Waals surface area contributed by atoms with Gasteiger partial charge in [-0.25, -0.2) is 4.79 Å². The minimum atomic E-state index is -4.49. The van der Waals surface area contributed by atoms with Crippen LogP contribution < -0.4 is 5.43 Å². The van der Waals surface area contributed by atoms with Crippen molar-refractivity contribution in [1.29, 1.82) is 0 Å². The summed E-state index contributed by atoms with van der Waals surface area (Å²) in [5.41, 5.74) is -2.35.